The SMILES string of the molecule is CC(CN(C)C)NC(=O)C(C)(C)N. The quantitative estimate of drug-likeness (QED) is 0.640. The molecule has 1 unspecified atom stereocenters. The highest BCUT2D eigenvalue weighted by molar-refractivity contribution is 5.85. The topological polar surface area (TPSA) is 58.4 Å². The second-order valence-electron chi connectivity index (χ2n) is 4.36. The summed E-state index contributed by atoms with van der Waals surface area (Å²) in [6.07, 6.45) is 0. The van der Waals surface area contributed by atoms with Crippen LogP contribution < -0.4 is 11.1 Å². The van der Waals surface area contributed by atoms with Gasteiger partial charge in [0.2, 0.25) is 5.91 Å². The Balaban J connectivity index is 3.93. The van der Waals surface area contributed by atoms with Crippen molar-refractivity contribution in [3.63, 3.8) is 0 Å². The van der Waals surface area contributed by atoms with Crippen LogP contribution in [0.2, 0.25) is 0 Å². The number of hydrogen-bond acceptors (Lipinski definition) is 3. The van der Waals surface area contributed by atoms with Crippen molar-refractivity contribution in [2.24, 2.45) is 5.73 Å². The van der Waals surface area contributed by atoms with Crippen LogP contribution in [-0.2, 0) is 4.79 Å². The van der Waals surface area contributed by atoms with Crippen LogP contribution in [0, 0.1) is 0 Å². The molecular formula is C9H21N3O. The van der Waals surface area contributed by atoms with E-state index in [9.17, 15) is 4.79 Å². The van der Waals surface area contributed by atoms with E-state index in [1.165, 1.54) is 0 Å². The second-order valence-corrected chi connectivity index (χ2v) is 4.36. The highest BCUT2D eigenvalue weighted by atomic mass is 16.2. The summed E-state index contributed by atoms with van der Waals surface area (Å²) < 4.78 is 0. The van der Waals surface area contributed by atoms with Crippen molar-refractivity contribution in [3.8, 4) is 0 Å². The van der Waals surface area contributed by atoms with Crippen LogP contribution in [0.5, 0.6) is 0 Å². The number of carbonyl (C=O) groups is 1. The van der Waals surface area contributed by atoms with Crippen LogP contribution in [0.1, 0.15) is 20.8 Å². The molecule has 0 saturated heterocycles. The first kappa shape index (κ1) is 12.4. The molecule has 3 N–H and O–H groups in total. The van der Waals surface area contributed by atoms with Gasteiger partial charge in [-0.1, -0.05) is 0 Å². The monoisotopic (exact) mass is 187 g/mol. The van der Waals surface area contributed by atoms with Crippen LogP contribution >= 0.6 is 0 Å². The van der Waals surface area contributed by atoms with E-state index in [4.69, 9.17) is 5.73 Å². The van der Waals surface area contributed by atoms with Gasteiger partial charge in [-0.25, -0.2) is 0 Å². The minimum Gasteiger partial charge on any atom is -0.351 e. The molecule has 4 nitrogen and oxygen atoms in total. The van der Waals surface area contributed by atoms with E-state index >= 15 is 0 Å². The summed E-state index contributed by atoms with van der Waals surface area (Å²) >= 11 is 0. The molecule has 0 aromatic rings. The lowest BCUT2D eigenvalue weighted by Gasteiger charge is -2.23. The Morgan fingerprint density at radius 3 is 2.31 bits per heavy atom. The Morgan fingerprint density at radius 1 is 1.54 bits per heavy atom. The zero-order chi connectivity index (χ0) is 10.6. The Kier molecular flexibility index (Phi) is 4.36. The van der Waals surface area contributed by atoms with Gasteiger partial charge < -0.3 is 16.0 Å². The normalized spacial score (nSPS) is 14.4. The molecule has 0 aromatic heterocycles. The van der Waals surface area contributed by atoms with Crippen LogP contribution in [0.25, 0.3) is 0 Å². The number of nitrogens with zero attached hydrogens (tertiary/aromatic N) is 1. The largest absolute Gasteiger partial charge is 0.351 e. The van der Waals surface area contributed by atoms with Crippen molar-refractivity contribution < 1.29 is 4.79 Å². The summed E-state index contributed by atoms with van der Waals surface area (Å²) in [5.74, 6) is -0.109. The number of rotatable bonds is 4. The molecule has 1 amide bonds. The lowest BCUT2D eigenvalue weighted by molar-refractivity contribution is -0.125. The van der Waals surface area contributed by atoms with E-state index in [-0.39, 0.29) is 11.9 Å². The minimum atomic E-state index is -0.791. The summed E-state index contributed by atoms with van der Waals surface area (Å²) in [5.41, 5.74) is 4.84. The third-order valence-electron chi connectivity index (χ3n) is 1.60. The van der Waals surface area contributed by atoms with Crippen LogP contribution in [0.15, 0.2) is 0 Å². The van der Waals surface area contributed by atoms with Crippen LogP contribution in [-0.4, -0.2) is 43.0 Å². The Hall–Kier alpha value is -0.610. The van der Waals surface area contributed by atoms with Gasteiger partial charge in [-0.3, -0.25) is 4.79 Å². The molecule has 0 spiro atoms. The van der Waals surface area contributed by atoms with Crippen LogP contribution in [0.3, 0.4) is 0 Å². The number of likely N-dealkylation sites (N-methyl/N-ethyl adjacent to an activating group) is 1. The van der Waals surface area contributed by atoms with E-state index in [1.54, 1.807) is 13.8 Å². The van der Waals surface area contributed by atoms with Crippen molar-refractivity contribution >= 4 is 5.91 Å². The lowest BCUT2D eigenvalue weighted by Crippen LogP contribution is -2.53. The predicted octanol–water partition coefficient (Wildman–Crippen LogP) is -0.210. The molecule has 0 saturated carbocycles. The Bertz CT molecular complexity index is 172. The van der Waals surface area contributed by atoms with E-state index in [0.29, 0.717) is 0 Å². The zero-order valence-corrected chi connectivity index (χ0v) is 9.22. The number of hydrogen-bond donors (Lipinski definition) is 2. The average molecular weight is 187 g/mol. The van der Waals surface area contributed by atoms with Gasteiger partial charge in [0.1, 0.15) is 0 Å². The number of nitrogens with one attached hydrogen (secondary N) is 1. The fourth-order valence-electron chi connectivity index (χ4n) is 1.00. The van der Waals surface area contributed by atoms with E-state index in [0.717, 1.165) is 6.54 Å². The molecule has 0 radical (unpaired) electrons. The van der Waals surface area contributed by atoms with Gasteiger partial charge in [0.25, 0.3) is 0 Å². The molecule has 0 bridgehead atoms. The van der Waals surface area contributed by atoms with Gasteiger partial charge >= 0.3 is 0 Å². The molecule has 0 aromatic carbocycles. The maximum atomic E-state index is 11.4. The molecule has 0 aliphatic heterocycles. The van der Waals surface area contributed by atoms with Gasteiger partial charge in [-0.2, -0.15) is 0 Å². The average Bonchev–Trinajstić information content (AvgIpc) is 1.82. The predicted molar refractivity (Wildman–Crippen MR) is 54.4 cm³/mol. The van der Waals surface area contributed by atoms with Crippen molar-refractivity contribution in [1.82, 2.24) is 10.2 Å². The van der Waals surface area contributed by atoms with Crippen molar-refractivity contribution in [2.75, 3.05) is 20.6 Å². The molecule has 0 aliphatic carbocycles. The van der Waals surface area contributed by atoms with E-state index < -0.39 is 5.54 Å². The molecule has 0 aliphatic rings. The summed E-state index contributed by atoms with van der Waals surface area (Å²) in [4.78, 5) is 13.4. The number of amides is 1. The molecule has 78 valence electrons. The van der Waals surface area contributed by atoms with Gasteiger partial charge in [-0.15, -0.1) is 0 Å². The Morgan fingerprint density at radius 2 is 2.00 bits per heavy atom. The highest BCUT2D eigenvalue weighted by Crippen LogP contribution is 1.97. The third-order valence-corrected chi connectivity index (χ3v) is 1.60. The first-order valence-corrected chi connectivity index (χ1v) is 4.48. The smallest absolute Gasteiger partial charge is 0.239 e. The summed E-state index contributed by atoms with van der Waals surface area (Å²) in [6, 6.07) is 0.130. The van der Waals surface area contributed by atoms with Crippen molar-refractivity contribution in [2.45, 2.75) is 32.4 Å². The van der Waals surface area contributed by atoms with Gasteiger partial charge in [0.05, 0.1) is 5.54 Å². The molecular weight excluding hydrogens is 166 g/mol. The maximum Gasteiger partial charge on any atom is 0.239 e. The molecule has 1 atom stereocenters. The first-order chi connectivity index (χ1) is 5.73. The lowest BCUT2D eigenvalue weighted by atomic mass is 10.1. The molecule has 13 heavy (non-hydrogen) atoms. The second kappa shape index (κ2) is 4.58. The van der Waals surface area contributed by atoms with Gasteiger partial charge in [-0.05, 0) is 34.9 Å². The number of carbonyl (C=O) groups excluding carboxylic acids is 1. The molecule has 4 heteroatoms. The fourth-order valence-corrected chi connectivity index (χ4v) is 1.00. The Labute approximate surface area is 80.5 Å². The van der Waals surface area contributed by atoms with E-state index in [2.05, 4.69) is 5.32 Å². The standard InChI is InChI=1S/C9H21N3O/c1-7(6-12(4)5)11-8(13)9(2,3)10/h7H,6,10H2,1-5H3,(H,11,13). The number of nitrogens with two attached hydrogens (primary N) is 1. The van der Waals surface area contributed by atoms with Crippen molar-refractivity contribution in [1.29, 1.82) is 0 Å². The molecule has 0 rings (SSSR count). The minimum absolute atomic E-state index is 0.109. The summed E-state index contributed by atoms with van der Waals surface area (Å²) in [7, 11) is 3.94. The van der Waals surface area contributed by atoms with Crippen molar-refractivity contribution in [3.05, 3.63) is 0 Å². The maximum absolute atomic E-state index is 11.4. The third kappa shape index (κ3) is 5.60. The fraction of sp³-hybridized carbons (Fsp3) is 0.889. The van der Waals surface area contributed by atoms with Gasteiger partial charge in [0.15, 0.2) is 0 Å². The first-order valence-electron chi connectivity index (χ1n) is 4.48. The summed E-state index contributed by atoms with van der Waals surface area (Å²) in [6.45, 7) is 6.18. The molecule has 0 heterocycles. The van der Waals surface area contributed by atoms with E-state index in [1.807, 2.05) is 25.9 Å². The highest BCUT2D eigenvalue weighted by Gasteiger charge is 2.22. The summed E-state index contributed by atoms with van der Waals surface area (Å²) in [5, 5.41) is 2.85. The zero-order valence-electron chi connectivity index (χ0n) is 9.22. The molecule has 0 fully saturated rings. The van der Waals surface area contributed by atoms with Crippen LogP contribution in [0.4, 0.5) is 0 Å². The van der Waals surface area contributed by atoms with Gasteiger partial charge in [0, 0.05) is 12.6 Å².